The minimum absolute atomic E-state index is 0.0643. The topological polar surface area (TPSA) is 187 Å². The van der Waals surface area contributed by atoms with E-state index in [2.05, 4.69) is 30.6 Å². The lowest BCUT2D eigenvalue weighted by molar-refractivity contribution is -0.138. The van der Waals surface area contributed by atoms with Crippen molar-refractivity contribution in [2.45, 2.75) is 84.5 Å². The number of nitrogens with zero attached hydrogens (tertiary/aromatic N) is 5. The van der Waals surface area contributed by atoms with Crippen molar-refractivity contribution < 1.29 is 23.9 Å². The van der Waals surface area contributed by atoms with E-state index in [1.807, 2.05) is 80.6 Å². The van der Waals surface area contributed by atoms with Crippen LogP contribution in [0.2, 0.25) is 0 Å². The van der Waals surface area contributed by atoms with Gasteiger partial charge in [0, 0.05) is 49.0 Å². The molecule has 0 saturated carbocycles. The number of aryl methyl sites for hydroxylation is 1. The highest BCUT2D eigenvalue weighted by molar-refractivity contribution is 5.96. The van der Waals surface area contributed by atoms with Crippen molar-refractivity contribution in [3.8, 4) is 22.5 Å². The maximum absolute atomic E-state index is 14.1. The quantitative estimate of drug-likeness (QED) is 0.137. The van der Waals surface area contributed by atoms with E-state index in [1.54, 1.807) is 17.3 Å². The second-order valence-electron chi connectivity index (χ2n) is 15.9. The molecular weight excluding hydrogens is 727 g/mol. The number of H-pyrrole nitrogens is 2. The maximum atomic E-state index is 14.1. The van der Waals surface area contributed by atoms with Crippen molar-refractivity contribution in [2.24, 2.45) is 18.9 Å². The predicted molar refractivity (Wildman–Crippen MR) is 216 cm³/mol. The molecule has 3 aromatic heterocycles. The van der Waals surface area contributed by atoms with Gasteiger partial charge in [-0.1, -0.05) is 39.8 Å². The fourth-order valence-corrected chi connectivity index (χ4v) is 8.35. The Morgan fingerprint density at radius 2 is 1.28 bits per heavy atom. The molecule has 2 aliphatic heterocycles. The van der Waals surface area contributed by atoms with E-state index in [9.17, 15) is 24.0 Å². The number of ether oxygens (including phenoxy) is 1. The highest BCUT2D eigenvalue weighted by Gasteiger charge is 2.38. The number of amides is 4. The molecule has 57 heavy (non-hydrogen) atoms. The highest BCUT2D eigenvalue weighted by Crippen LogP contribution is 2.35. The van der Waals surface area contributed by atoms with Crippen molar-refractivity contribution in [1.29, 1.82) is 0 Å². The van der Waals surface area contributed by atoms with Gasteiger partial charge in [0.2, 0.25) is 17.7 Å². The standard InChI is InChI=1S/C42H51N9O6/c1-22(2)35(45-24(5)52)40(54)50-16-8-10-32(50)38-43-20-29(46-38)25-13-15-31-28(18-25)37(53)27-14-12-26(19-34(27)49(31)6)30-21-44-39(47-30)33-11-9-17-51(33)41(55)36(23(3)4)48-42(56)57-7/h12-15,18-23,32-33,35-36H,8-11,16-17H2,1-7H3,(H,43,46)(H,44,47)(H,45,52)(H,48,56)/t32-,33-,35?,36?/m0/s1. The molecule has 4 atom stereocenters. The first-order valence-corrected chi connectivity index (χ1v) is 19.7. The molecule has 2 unspecified atom stereocenters. The van der Waals surface area contributed by atoms with E-state index in [4.69, 9.17) is 4.74 Å². The Hall–Kier alpha value is -5.99. The number of alkyl carbamates (subject to hydrolysis) is 1. The Balaban J connectivity index is 1.13. The third-order valence-corrected chi connectivity index (χ3v) is 11.4. The van der Waals surface area contributed by atoms with Crippen molar-refractivity contribution in [3.63, 3.8) is 0 Å². The number of imidazole rings is 2. The normalized spacial score (nSPS) is 18.1. The third-order valence-electron chi connectivity index (χ3n) is 11.4. The predicted octanol–water partition coefficient (Wildman–Crippen LogP) is 5.34. The fourth-order valence-electron chi connectivity index (χ4n) is 8.35. The summed E-state index contributed by atoms with van der Waals surface area (Å²) in [6.07, 6.45) is 5.97. The molecule has 4 amide bonds. The van der Waals surface area contributed by atoms with Gasteiger partial charge in [-0.05, 0) is 61.8 Å². The summed E-state index contributed by atoms with van der Waals surface area (Å²) in [5, 5.41) is 6.64. The molecule has 2 saturated heterocycles. The number of likely N-dealkylation sites (tertiary alicyclic amines) is 2. The molecule has 4 N–H and O–H groups in total. The summed E-state index contributed by atoms with van der Waals surface area (Å²) < 4.78 is 6.77. The fraction of sp³-hybridized carbons (Fsp3) is 0.452. The number of methoxy groups -OCH3 is 1. The largest absolute Gasteiger partial charge is 0.453 e. The van der Waals surface area contributed by atoms with Gasteiger partial charge in [0.25, 0.3) is 0 Å². The zero-order valence-electron chi connectivity index (χ0n) is 33.5. The number of benzene rings is 2. The summed E-state index contributed by atoms with van der Waals surface area (Å²) in [5.74, 6) is 0.605. The average Bonchev–Trinajstić information content (AvgIpc) is 4.03. The molecule has 0 spiro atoms. The number of aromatic nitrogens is 5. The zero-order chi connectivity index (χ0) is 40.7. The van der Waals surface area contributed by atoms with Gasteiger partial charge < -0.3 is 39.7 Å². The Morgan fingerprint density at radius 3 is 1.81 bits per heavy atom. The molecule has 7 rings (SSSR count). The van der Waals surface area contributed by atoms with Crippen molar-refractivity contribution in [1.82, 2.24) is 44.9 Å². The first-order chi connectivity index (χ1) is 27.3. The van der Waals surface area contributed by atoms with Crippen LogP contribution in [0.5, 0.6) is 0 Å². The van der Waals surface area contributed by atoms with Crippen LogP contribution in [-0.2, 0) is 26.2 Å². The number of hydrogen-bond donors (Lipinski definition) is 4. The molecule has 15 heteroatoms. The summed E-state index contributed by atoms with van der Waals surface area (Å²) in [4.78, 5) is 84.9. The molecule has 15 nitrogen and oxygen atoms in total. The van der Waals surface area contributed by atoms with Gasteiger partial charge in [-0.3, -0.25) is 19.2 Å². The first kappa shape index (κ1) is 39.3. The van der Waals surface area contributed by atoms with Crippen LogP contribution in [0.4, 0.5) is 4.79 Å². The Bertz CT molecular complexity index is 2410. The minimum atomic E-state index is -0.724. The number of fused-ring (bicyclic) bond motifs is 2. The van der Waals surface area contributed by atoms with Crippen molar-refractivity contribution in [3.05, 3.63) is 70.7 Å². The van der Waals surface area contributed by atoms with Crippen LogP contribution in [0, 0.1) is 11.8 Å². The van der Waals surface area contributed by atoms with E-state index >= 15 is 0 Å². The molecule has 0 bridgehead atoms. The molecule has 2 fully saturated rings. The van der Waals surface area contributed by atoms with Crippen LogP contribution in [0.3, 0.4) is 0 Å². The number of rotatable bonds is 10. The van der Waals surface area contributed by atoms with Gasteiger partial charge >= 0.3 is 6.09 Å². The van der Waals surface area contributed by atoms with Gasteiger partial charge in [0.05, 0.1) is 54.0 Å². The summed E-state index contributed by atoms with van der Waals surface area (Å²) in [6.45, 7) is 10.2. The second kappa shape index (κ2) is 15.9. The highest BCUT2D eigenvalue weighted by atomic mass is 16.5. The minimum Gasteiger partial charge on any atom is -0.453 e. The number of aromatic amines is 2. The lowest BCUT2D eigenvalue weighted by Gasteiger charge is -2.30. The first-order valence-electron chi connectivity index (χ1n) is 19.7. The number of pyridine rings is 1. The molecule has 0 aliphatic carbocycles. The summed E-state index contributed by atoms with van der Waals surface area (Å²) >= 11 is 0. The smallest absolute Gasteiger partial charge is 0.407 e. The van der Waals surface area contributed by atoms with Crippen LogP contribution in [0.1, 0.15) is 84.0 Å². The van der Waals surface area contributed by atoms with E-state index in [0.717, 1.165) is 59.2 Å². The van der Waals surface area contributed by atoms with E-state index in [0.29, 0.717) is 35.5 Å². The Kier molecular flexibility index (Phi) is 10.9. The van der Waals surface area contributed by atoms with Crippen LogP contribution < -0.4 is 16.1 Å². The van der Waals surface area contributed by atoms with E-state index in [-0.39, 0.29) is 47.1 Å². The van der Waals surface area contributed by atoms with E-state index in [1.165, 1.54) is 14.0 Å². The summed E-state index contributed by atoms with van der Waals surface area (Å²) in [5.41, 5.74) is 4.57. The van der Waals surface area contributed by atoms with Crippen molar-refractivity contribution in [2.75, 3.05) is 20.2 Å². The lowest BCUT2D eigenvalue weighted by atomic mass is 10.0. The van der Waals surface area contributed by atoms with Gasteiger partial charge in [-0.2, -0.15) is 0 Å². The maximum Gasteiger partial charge on any atom is 0.407 e. The van der Waals surface area contributed by atoms with Gasteiger partial charge in [0.15, 0.2) is 5.43 Å². The molecule has 0 radical (unpaired) electrons. The zero-order valence-corrected chi connectivity index (χ0v) is 33.5. The van der Waals surface area contributed by atoms with Gasteiger partial charge in [-0.25, -0.2) is 14.8 Å². The molecule has 5 heterocycles. The van der Waals surface area contributed by atoms with Crippen LogP contribution in [0.15, 0.2) is 53.6 Å². The van der Waals surface area contributed by atoms with Gasteiger partial charge in [-0.15, -0.1) is 0 Å². The average molecular weight is 778 g/mol. The summed E-state index contributed by atoms with van der Waals surface area (Å²) in [7, 11) is 3.21. The number of hydrogen-bond acceptors (Lipinski definition) is 8. The van der Waals surface area contributed by atoms with Gasteiger partial charge in [0.1, 0.15) is 23.7 Å². The van der Waals surface area contributed by atoms with Crippen LogP contribution in [0.25, 0.3) is 44.3 Å². The SMILES string of the molecule is COC(=O)NC(C(=O)N1CCC[C@H]1c1ncc(-c2ccc3c(=O)c4cc(-c5cnc([C@@H]6CCCN6C(=O)C(NC(C)=O)C(C)C)[nH]5)ccc4n(C)c3c2)[nH]1)C(C)C. The number of carbonyl (C=O) groups excluding carboxylic acids is 4. The Labute approximate surface area is 330 Å². The monoisotopic (exact) mass is 777 g/mol. The van der Waals surface area contributed by atoms with E-state index < -0.39 is 18.2 Å². The third kappa shape index (κ3) is 7.50. The molecular formula is C42H51N9O6. The Morgan fingerprint density at radius 1 is 0.754 bits per heavy atom. The molecule has 300 valence electrons. The van der Waals surface area contributed by atoms with Crippen LogP contribution >= 0.6 is 0 Å². The second-order valence-corrected chi connectivity index (χ2v) is 15.9. The number of nitrogens with one attached hydrogen (secondary N) is 4. The van der Waals surface area contributed by atoms with Crippen molar-refractivity contribution >= 4 is 45.6 Å². The number of carbonyl (C=O) groups is 4. The van der Waals surface area contributed by atoms with Crippen LogP contribution in [-0.4, -0.2) is 90.4 Å². The lowest BCUT2D eigenvalue weighted by Crippen LogP contribution is -2.51. The molecule has 2 aliphatic rings. The molecule has 2 aromatic carbocycles. The summed E-state index contributed by atoms with van der Waals surface area (Å²) in [6, 6.07) is 9.63. The molecule has 5 aromatic rings.